The average molecular weight is 377 g/mol. The first-order chi connectivity index (χ1) is 11.9. The van der Waals surface area contributed by atoms with Crippen LogP contribution in [0.15, 0.2) is 47.4 Å². The normalized spacial score (nSPS) is 14.1. The van der Waals surface area contributed by atoms with Crippen molar-refractivity contribution in [2.24, 2.45) is 0 Å². The second kappa shape index (κ2) is 7.09. The third-order valence-electron chi connectivity index (χ3n) is 4.17. The molecule has 0 bridgehead atoms. The van der Waals surface area contributed by atoms with E-state index in [1.807, 2.05) is 30.5 Å². The van der Waals surface area contributed by atoms with Crippen molar-refractivity contribution in [3.05, 3.63) is 53.6 Å². The number of aryl methyl sites for hydroxylation is 1. The molecule has 7 heteroatoms. The van der Waals surface area contributed by atoms with Crippen LogP contribution in [0.25, 0.3) is 0 Å². The molecule has 0 fully saturated rings. The minimum atomic E-state index is -3.30. The Morgan fingerprint density at radius 3 is 2.68 bits per heavy atom. The minimum absolute atomic E-state index is 0.194. The maximum absolute atomic E-state index is 12.6. The SMILES string of the molecule is CSc1ccccc1NC(=O)c1ccc2c(c1)CCCN2S(C)(=O)=O. The number of anilines is 2. The lowest BCUT2D eigenvalue weighted by Gasteiger charge is -2.29. The lowest BCUT2D eigenvalue weighted by atomic mass is 10.0. The first-order valence-corrected chi connectivity index (χ1v) is 11.0. The average Bonchev–Trinajstić information content (AvgIpc) is 2.60. The molecular weight excluding hydrogens is 356 g/mol. The summed E-state index contributed by atoms with van der Waals surface area (Å²) in [6.45, 7) is 0.485. The van der Waals surface area contributed by atoms with E-state index in [-0.39, 0.29) is 5.91 Å². The Kier molecular flexibility index (Phi) is 5.06. The van der Waals surface area contributed by atoms with E-state index in [2.05, 4.69) is 5.32 Å². The zero-order valence-corrected chi connectivity index (χ0v) is 15.8. The Balaban J connectivity index is 1.88. The molecule has 0 saturated carbocycles. The number of thioether (sulfide) groups is 1. The molecule has 0 radical (unpaired) electrons. The van der Waals surface area contributed by atoms with Crippen molar-refractivity contribution in [3.8, 4) is 0 Å². The highest BCUT2D eigenvalue weighted by Gasteiger charge is 2.24. The molecule has 5 nitrogen and oxygen atoms in total. The molecule has 2 aromatic carbocycles. The van der Waals surface area contributed by atoms with Gasteiger partial charge >= 0.3 is 0 Å². The molecule has 132 valence electrons. The number of rotatable bonds is 4. The van der Waals surface area contributed by atoms with Gasteiger partial charge in [-0.05, 0) is 55.0 Å². The molecule has 0 aromatic heterocycles. The number of hydrogen-bond donors (Lipinski definition) is 1. The molecule has 1 N–H and O–H groups in total. The largest absolute Gasteiger partial charge is 0.321 e. The molecule has 0 aliphatic carbocycles. The number of amides is 1. The topological polar surface area (TPSA) is 66.5 Å². The molecule has 3 rings (SSSR count). The smallest absolute Gasteiger partial charge is 0.255 e. The molecule has 0 unspecified atom stereocenters. The molecule has 25 heavy (non-hydrogen) atoms. The molecule has 0 spiro atoms. The van der Waals surface area contributed by atoms with E-state index < -0.39 is 10.0 Å². The van der Waals surface area contributed by atoms with Gasteiger partial charge < -0.3 is 5.32 Å². The van der Waals surface area contributed by atoms with E-state index in [1.165, 1.54) is 10.6 Å². The molecule has 1 amide bonds. The van der Waals surface area contributed by atoms with Gasteiger partial charge in [0, 0.05) is 17.0 Å². The number of nitrogens with one attached hydrogen (secondary N) is 1. The molecule has 1 aliphatic heterocycles. The molecule has 2 aromatic rings. The van der Waals surface area contributed by atoms with Crippen molar-refractivity contribution in [2.75, 3.05) is 28.7 Å². The predicted molar refractivity (Wildman–Crippen MR) is 103 cm³/mol. The van der Waals surface area contributed by atoms with Crippen LogP contribution in [-0.4, -0.2) is 33.4 Å². The summed E-state index contributed by atoms with van der Waals surface area (Å²) in [5.74, 6) is -0.194. The van der Waals surface area contributed by atoms with Crippen LogP contribution in [0, 0.1) is 0 Å². The van der Waals surface area contributed by atoms with Gasteiger partial charge in [0.05, 0.1) is 17.6 Å². The van der Waals surface area contributed by atoms with E-state index in [0.29, 0.717) is 17.8 Å². The molecular formula is C18H20N2O3S2. The Bertz CT molecular complexity index is 910. The van der Waals surface area contributed by atoms with Crippen LogP contribution in [0.3, 0.4) is 0 Å². The Morgan fingerprint density at radius 2 is 1.96 bits per heavy atom. The minimum Gasteiger partial charge on any atom is -0.321 e. The van der Waals surface area contributed by atoms with E-state index in [4.69, 9.17) is 0 Å². The van der Waals surface area contributed by atoms with E-state index >= 15 is 0 Å². The summed E-state index contributed by atoms with van der Waals surface area (Å²) in [4.78, 5) is 13.6. The third-order valence-corrected chi connectivity index (χ3v) is 6.15. The number of carbonyl (C=O) groups excluding carboxylic acids is 1. The van der Waals surface area contributed by atoms with Crippen molar-refractivity contribution in [1.29, 1.82) is 0 Å². The highest BCUT2D eigenvalue weighted by atomic mass is 32.2. The number of benzene rings is 2. The summed E-state index contributed by atoms with van der Waals surface area (Å²) in [6, 6.07) is 12.8. The van der Waals surface area contributed by atoms with Crippen molar-refractivity contribution in [3.63, 3.8) is 0 Å². The summed E-state index contributed by atoms with van der Waals surface area (Å²) < 4.78 is 25.3. The molecule has 1 aliphatic rings. The second-order valence-corrected chi connectivity index (χ2v) is 8.69. The van der Waals surface area contributed by atoms with Crippen LogP contribution < -0.4 is 9.62 Å². The van der Waals surface area contributed by atoms with Crippen molar-refractivity contribution >= 4 is 39.1 Å². The number of carbonyl (C=O) groups is 1. The number of para-hydroxylation sites is 1. The van der Waals surface area contributed by atoms with Gasteiger partial charge in [0.2, 0.25) is 10.0 Å². The van der Waals surface area contributed by atoms with Crippen LogP contribution in [0.2, 0.25) is 0 Å². The van der Waals surface area contributed by atoms with E-state index in [0.717, 1.165) is 29.0 Å². The summed E-state index contributed by atoms with van der Waals surface area (Å²) in [5.41, 5.74) is 2.87. The van der Waals surface area contributed by atoms with E-state index in [1.54, 1.807) is 30.0 Å². The monoisotopic (exact) mass is 376 g/mol. The summed E-state index contributed by atoms with van der Waals surface area (Å²) >= 11 is 1.57. The standard InChI is InChI=1S/C18H20N2O3S2/c1-24-17-8-4-3-7-15(17)19-18(21)14-9-10-16-13(12-14)6-5-11-20(16)25(2,22)23/h3-4,7-10,12H,5-6,11H2,1-2H3,(H,19,21). The molecule has 1 heterocycles. The van der Waals surface area contributed by atoms with Gasteiger partial charge in [-0.1, -0.05) is 12.1 Å². The number of fused-ring (bicyclic) bond motifs is 1. The quantitative estimate of drug-likeness (QED) is 0.831. The Labute approximate surface area is 152 Å². The first kappa shape index (κ1) is 17.8. The fraction of sp³-hybridized carbons (Fsp3) is 0.278. The Morgan fingerprint density at radius 1 is 1.20 bits per heavy atom. The lowest BCUT2D eigenvalue weighted by molar-refractivity contribution is 0.102. The van der Waals surface area contributed by atoms with Gasteiger partial charge in [-0.15, -0.1) is 11.8 Å². The summed E-state index contributed by atoms with van der Waals surface area (Å²) in [5, 5.41) is 2.93. The lowest BCUT2D eigenvalue weighted by Crippen LogP contribution is -2.34. The van der Waals surface area contributed by atoms with Gasteiger partial charge in [-0.3, -0.25) is 9.10 Å². The van der Waals surface area contributed by atoms with Gasteiger partial charge in [-0.2, -0.15) is 0 Å². The van der Waals surface area contributed by atoms with Crippen LogP contribution in [0.5, 0.6) is 0 Å². The fourth-order valence-electron chi connectivity index (χ4n) is 2.99. The van der Waals surface area contributed by atoms with E-state index in [9.17, 15) is 13.2 Å². The maximum atomic E-state index is 12.6. The van der Waals surface area contributed by atoms with Crippen LogP contribution in [0.1, 0.15) is 22.3 Å². The Hall–Kier alpha value is -1.99. The molecule has 0 atom stereocenters. The fourth-order valence-corrected chi connectivity index (χ4v) is 4.54. The van der Waals surface area contributed by atoms with Crippen molar-refractivity contribution in [1.82, 2.24) is 0 Å². The highest BCUT2D eigenvalue weighted by molar-refractivity contribution is 7.98. The van der Waals surface area contributed by atoms with Gasteiger partial charge in [0.25, 0.3) is 5.91 Å². The zero-order chi connectivity index (χ0) is 18.0. The maximum Gasteiger partial charge on any atom is 0.255 e. The van der Waals surface area contributed by atoms with Gasteiger partial charge in [-0.25, -0.2) is 8.42 Å². The first-order valence-electron chi connectivity index (χ1n) is 7.95. The third kappa shape index (κ3) is 3.82. The van der Waals surface area contributed by atoms with Crippen molar-refractivity contribution in [2.45, 2.75) is 17.7 Å². The summed E-state index contributed by atoms with van der Waals surface area (Å²) in [7, 11) is -3.30. The van der Waals surface area contributed by atoms with Crippen LogP contribution in [0.4, 0.5) is 11.4 Å². The summed E-state index contributed by atoms with van der Waals surface area (Å²) in [6.07, 6.45) is 4.69. The number of nitrogens with zero attached hydrogens (tertiary/aromatic N) is 1. The van der Waals surface area contributed by atoms with Crippen LogP contribution in [-0.2, 0) is 16.4 Å². The number of sulfonamides is 1. The number of hydrogen-bond acceptors (Lipinski definition) is 4. The predicted octanol–water partition coefficient (Wildman–Crippen LogP) is 3.37. The highest BCUT2D eigenvalue weighted by Crippen LogP contribution is 2.30. The van der Waals surface area contributed by atoms with Gasteiger partial charge in [0.1, 0.15) is 0 Å². The molecule has 0 saturated heterocycles. The zero-order valence-electron chi connectivity index (χ0n) is 14.2. The van der Waals surface area contributed by atoms with Gasteiger partial charge in [0.15, 0.2) is 0 Å². The second-order valence-electron chi connectivity index (χ2n) is 5.94. The van der Waals surface area contributed by atoms with Crippen molar-refractivity contribution < 1.29 is 13.2 Å². The van der Waals surface area contributed by atoms with Crippen LogP contribution >= 0.6 is 11.8 Å².